The van der Waals surface area contributed by atoms with Crippen molar-refractivity contribution < 1.29 is 8.78 Å². The molecule has 0 aliphatic heterocycles. The molecule has 0 amide bonds. The lowest BCUT2D eigenvalue weighted by Crippen LogP contribution is -2.13. The smallest absolute Gasteiger partial charge is 0.168 e. The zero-order valence-corrected chi connectivity index (χ0v) is 12.8. The second-order valence-corrected chi connectivity index (χ2v) is 6.56. The fourth-order valence-electron chi connectivity index (χ4n) is 2.92. The van der Waals surface area contributed by atoms with Crippen molar-refractivity contribution >= 4 is 11.6 Å². The molecule has 1 saturated carbocycles. The van der Waals surface area contributed by atoms with Crippen LogP contribution >= 0.6 is 0 Å². The molecule has 0 spiro atoms. The molecular formula is C15H23F2N3. The number of aromatic nitrogens is 1. The van der Waals surface area contributed by atoms with E-state index < -0.39 is 11.6 Å². The Bertz CT molecular complexity index is 498. The minimum absolute atomic E-state index is 0.0886. The zero-order chi connectivity index (χ0) is 15.1. The normalized spacial score (nSPS) is 19.8. The minimum Gasteiger partial charge on any atom is -0.368 e. The number of pyridine rings is 1. The fourth-order valence-corrected chi connectivity index (χ4v) is 2.92. The summed E-state index contributed by atoms with van der Waals surface area (Å²) in [6.07, 6.45) is 0. The van der Waals surface area contributed by atoms with Gasteiger partial charge in [0.25, 0.3) is 0 Å². The highest BCUT2D eigenvalue weighted by molar-refractivity contribution is 5.47. The summed E-state index contributed by atoms with van der Waals surface area (Å²) in [7, 11) is 0. The Morgan fingerprint density at radius 3 is 2.00 bits per heavy atom. The van der Waals surface area contributed by atoms with E-state index in [1.807, 2.05) is 6.92 Å². The third-order valence-corrected chi connectivity index (χ3v) is 5.07. The lowest BCUT2D eigenvalue weighted by molar-refractivity contribution is 0.457. The SMILES string of the molecule is CCNc1nc(NCC2C(C)(C)C2(C)C)c(F)cc1F. The molecule has 5 heteroatoms. The summed E-state index contributed by atoms with van der Waals surface area (Å²) in [4.78, 5) is 3.98. The highest BCUT2D eigenvalue weighted by atomic mass is 19.1. The van der Waals surface area contributed by atoms with Gasteiger partial charge < -0.3 is 10.6 Å². The third-order valence-electron chi connectivity index (χ3n) is 5.07. The minimum atomic E-state index is -0.665. The van der Waals surface area contributed by atoms with Crippen LogP contribution in [-0.2, 0) is 0 Å². The quantitative estimate of drug-likeness (QED) is 0.861. The summed E-state index contributed by atoms with van der Waals surface area (Å²) in [6, 6.07) is 0.872. The Hall–Kier alpha value is -1.39. The summed E-state index contributed by atoms with van der Waals surface area (Å²) in [5, 5.41) is 5.81. The van der Waals surface area contributed by atoms with E-state index in [0.717, 1.165) is 6.07 Å². The third kappa shape index (κ3) is 2.34. The summed E-state index contributed by atoms with van der Waals surface area (Å²) < 4.78 is 27.2. The molecule has 1 aromatic rings. The van der Waals surface area contributed by atoms with Gasteiger partial charge in [-0.2, -0.15) is 0 Å². The summed E-state index contributed by atoms with van der Waals surface area (Å²) in [6.45, 7) is 11.8. The number of halogens is 2. The first-order valence-corrected chi connectivity index (χ1v) is 7.05. The molecule has 1 fully saturated rings. The van der Waals surface area contributed by atoms with Crippen LogP contribution < -0.4 is 10.6 Å². The largest absolute Gasteiger partial charge is 0.368 e. The predicted molar refractivity (Wildman–Crippen MR) is 77.9 cm³/mol. The van der Waals surface area contributed by atoms with Crippen LogP contribution in [0.2, 0.25) is 0 Å². The van der Waals surface area contributed by atoms with Crippen LogP contribution in [0.4, 0.5) is 20.4 Å². The van der Waals surface area contributed by atoms with Crippen LogP contribution in [0, 0.1) is 28.4 Å². The lowest BCUT2D eigenvalue weighted by Gasteiger charge is -2.11. The number of nitrogens with one attached hydrogen (secondary N) is 2. The number of hydrogen-bond donors (Lipinski definition) is 2. The van der Waals surface area contributed by atoms with Crippen LogP contribution in [0.5, 0.6) is 0 Å². The summed E-state index contributed by atoms with van der Waals surface area (Å²) in [5.41, 5.74) is 0.446. The van der Waals surface area contributed by atoms with Gasteiger partial charge >= 0.3 is 0 Å². The molecule has 2 rings (SSSR count). The molecule has 3 nitrogen and oxygen atoms in total. The van der Waals surface area contributed by atoms with E-state index in [9.17, 15) is 8.78 Å². The van der Waals surface area contributed by atoms with Gasteiger partial charge in [0.15, 0.2) is 23.3 Å². The van der Waals surface area contributed by atoms with Crippen molar-refractivity contribution in [3.63, 3.8) is 0 Å². The van der Waals surface area contributed by atoms with E-state index in [0.29, 0.717) is 19.0 Å². The van der Waals surface area contributed by atoms with Crippen molar-refractivity contribution in [2.24, 2.45) is 16.7 Å². The number of hydrogen-bond acceptors (Lipinski definition) is 3. The molecule has 0 aromatic carbocycles. The Balaban J connectivity index is 2.09. The average Bonchev–Trinajstić information content (AvgIpc) is 2.72. The summed E-state index contributed by atoms with van der Waals surface area (Å²) in [5.74, 6) is -0.669. The van der Waals surface area contributed by atoms with Gasteiger partial charge in [0, 0.05) is 19.2 Å². The van der Waals surface area contributed by atoms with E-state index in [4.69, 9.17) is 0 Å². The maximum absolute atomic E-state index is 13.7. The molecule has 2 N–H and O–H groups in total. The Kier molecular flexibility index (Phi) is 3.65. The Morgan fingerprint density at radius 1 is 1.05 bits per heavy atom. The van der Waals surface area contributed by atoms with Crippen molar-refractivity contribution in [3.05, 3.63) is 17.7 Å². The topological polar surface area (TPSA) is 37.0 Å². The van der Waals surface area contributed by atoms with Crippen molar-refractivity contribution in [1.82, 2.24) is 4.98 Å². The zero-order valence-electron chi connectivity index (χ0n) is 12.8. The van der Waals surface area contributed by atoms with Crippen LogP contribution in [0.1, 0.15) is 34.6 Å². The van der Waals surface area contributed by atoms with Gasteiger partial charge in [-0.15, -0.1) is 0 Å². The van der Waals surface area contributed by atoms with Gasteiger partial charge in [0.2, 0.25) is 0 Å². The second-order valence-electron chi connectivity index (χ2n) is 6.56. The standard InChI is InChI=1S/C15H23F2N3/c1-6-18-12-9(16)7-10(17)13(20-12)19-8-11-14(2,3)15(11,4)5/h7,11H,6,8H2,1-5H3,(H2,18,19,20). The molecule has 0 radical (unpaired) electrons. The van der Waals surface area contributed by atoms with Crippen molar-refractivity contribution in [2.45, 2.75) is 34.6 Å². The average molecular weight is 283 g/mol. The van der Waals surface area contributed by atoms with Crippen LogP contribution in [-0.4, -0.2) is 18.1 Å². The molecule has 0 unspecified atom stereocenters. The molecule has 1 aromatic heterocycles. The van der Waals surface area contributed by atoms with Gasteiger partial charge in [-0.05, 0) is 23.7 Å². The van der Waals surface area contributed by atoms with Gasteiger partial charge in [0.05, 0.1) is 0 Å². The van der Waals surface area contributed by atoms with Gasteiger partial charge in [-0.3, -0.25) is 0 Å². The molecule has 0 atom stereocenters. The highest BCUT2D eigenvalue weighted by Crippen LogP contribution is 2.68. The molecule has 0 saturated heterocycles. The highest BCUT2D eigenvalue weighted by Gasteiger charge is 2.64. The maximum atomic E-state index is 13.7. The van der Waals surface area contributed by atoms with Crippen LogP contribution in [0.25, 0.3) is 0 Å². The summed E-state index contributed by atoms with van der Waals surface area (Å²) >= 11 is 0. The monoisotopic (exact) mass is 283 g/mol. The Labute approximate surface area is 119 Å². The van der Waals surface area contributed by atoms with Gasteiger partial charge in [-0.1, -0.05) is 27.7 Å². The number of anilines is 2. The van der Waals surface area contributed by atoms with Crippen LogP contribution in [0.15, 0.2) is 6.07 Å². The van der Waals surface area contributed by atoms with Crippen LogP contribution in [0.3, 0.4) is 0 Å². The van der Waals surface area contributed by atoms with Crippen molar-refractivity contribution in [1.29, 1.82) is 0 Å². The molecule has 112 valence electrons. The second kappa shape index (κ2) is 4.86. The first-order valence-electron chi connectivity index (χ1n) is 7.05. The molecule has 1 heterocycles. The maximum Gasteiger partial charge on any atom is 0.168 e. The van der Waals surface area contributed by atoms with Crippen molar-refractivity contribution in [2.75, 3.05) is 23.7 Å². The molecule has 0 bridgehead atoms. The number of rotatable bonds is 5. The molecule has 1 aliphatic carbocycles. The van der Waals surface area contributed by atoms with E-state index in [1.54, 1.807) is 0 Å². The van der Waals surface area contributed by atoms with E-state index in [-0.39, 0.29) is 22.5 Å². The van der Waals surface area contributed by atoms with Gasteiger partial charge in [0.1, 0.15) is 0 Å². The predicted octanol–water partition coefficient (Wildman–Crippen LogP) is 3.89. The van der Waals surface area contributed by atoms with E-state index >= 15 is 0 Å². The lowest BCUT2D eigenvalue weighted by atomic mass is 10.0. The number of nitrogens with zero attached hydrogens (tertiary/aromatic N) is 1. The molecule has 20 heavy (non-hydrogen) atoms. The molecule has 1 aliphatic rings. The molecular weight excluding hydrogens is 260 g/mol. The van der Waals surface area contributed by atoms with Gasteiger partial charge in [-0.25, -0.2) is 13.8 Å². The first-order chi connectivity index (χ1) is 9.21. The Morgan fingerprint density at radius 2 is 1.55 bits per heavy atom. The van der Waals surface area contributed by atoms with Crippen molar-refractivity contribution in [3.8, 4) is 0 Å². The van der Waals surface area contributed by atoms with E-state index in [1.165, 1.54) is 0 Å². The van der Waals surface area contributed by atoms with E-state index in [2.05, 4.69) is 43.3 Å². The first kappa shape index (κ1) is 15.0. The fraction of sp³-hybridized carbons (Fsp3) is 0.667.